The molecule has 5 atom stereocenters. The lowest BCUT2D eigenvalue weighted by Gasteiger charge is -2.21. The number of unbranched alkanes of at least 4 members (excludes halogenated alkanes) is 31. The Morgan fingerprint density at radius 2 is 0.485 bits per heavy atom. The largest absolute Gasteiger partial charge is 0.472 e. The predicted molar refractivity (Wildman–Crippen MR) is 426 cm³/mol. The zero-order valence-corrected chi connectivity index (χ0v) is 66.5. The highest BCUT2D eigenvalue weighted by molar-refractivity contribution is 7.47. The summed E-state index contributed by atoms with van der Waals surface area (Å²) in [6.45, 7) is 2.35. The maximum absolute atomic E-state index is 13.0. The highest BCUT2D eigenvalue weighted by Gasteiger charge is 2.29. The summed E-state index contributed by atoms with van der Waals surface area (Å²) in [6, 6.07) is 0. The lowest BCUT2D eigenvalue weighted by molar-refractivity contribution is -0.161. The number of carbonyl (C=O) groups is 3. The number of aliphatic hydroxyl groups excluding tert-OH is 2. The van der Waals surface area contributed by atoms with Crippen LogP contribution in [0.25, 0.3) is 0 Å². The van der Waals surface area contributed by atoms with E-state index in [1.807, 2.05) is 0 Å². The van der Waals surface area contributed by atoms with Gasteiger partial charge in [-0.25, -0.2) is 9.13 Å². The summed E-state index contributed by atoms with van der Waals surface area (Å²) < 4.78 is 61.2. The van der Waals surface area contributed by atoms with Crippen molar-refractivity contribution in [3.63, 3.8) is 0 Å². The van der Waals surface area contributed by atoms with E-state index in [4.69, 9.17) is 32.3 Å². The molecule has 0 fully saturated rings. The van der Waals surface area contributed by atoms with E-state index < -0.39 is 91.5 Å². The molecule has 0 amide bonds. The molecule has 0 rings (SSSR count). The average molecular weight is 1490 g/mol. The van der Waals surface area contributed by atoms with E-state index >= 15 is 0 Å². The minimum atomic E-state index is -4.94. The molecule has 0 aliphatic carbocycles. The zero-order valence-electron chi connectivity index (χ0n) is 64.7. The van der Waals surface area contributed by atoms with Gasteiger partial charge in [0.25, 0.3) is 0 Å². The maximum Gasteiger partial charge on any atom is 0.472 e. The zero-order chi connectivity index (χ0) is 75.2. The summed E-state index contributed by atoms with van der Waals surface area (Å²) in [6.07, 6.45) is 93.7. The molecular weight excluding hydrogens is 1340 g/mol. The van der Waals surface area contributed by atoms with E-state index in [0.717, 1.165) is 180 Å². The molecule has 0 bridgehead atoms. The Morgan fingerprint density at radius 1 is 0.272 bits per heavy atom. The van der Waals surface area contributed by atoms with Gasteiger partial charge in [0.1, 0.15) is 25.4 Å². The molecule has 0 aromatic rings. The normalized spacial score (nSPS) is 14.7. The van der Waals surface area contributed by atoms with Crippen molar-refractivity contribution in [3.8, 4) is 0 Å². The molecule has 0 aliphatic rings. The number of phosphoric acid groups is 2. The summed E-state index contributed by atoms with van der Waals surface area (Å²) in [7, 11) is -9.80. The van der Waals surface area contributed by atoms with Crippen LogP contribution >= 0.6 is 15.6 Å². The first-order chi connectivity index (χ1) is 50.2. The van der Waals surface area contributed by atoms with E-state index in [2.05, 4.69) is 154 Å². The number of hydrogen-bond donors (Lipinski definition) is 4. The molecule has 0 aromatic heterocycles. The number of rotatable bonds is 76. The third kappa shape index (κ3) is 78.6. The Labute approximate surface area is 626 Å². The first-order valence-corrected chi connectivity index (χ1v) is 43.5. The third-order valence-corrected chi connectivity index (χ3v) is 18.8. The van der Waals surface area contributed by atoms with Crippen LogP contribution in [-0.2, 0) is 55.8 Å². The van der Waals surface area contributed by atoms with Crippen LogP contribution in [0.2, 0.25) is 0 Å². The molecule has 0 radical (unpaired) electrons. The van der Waals surface area contributed by atoms with Gasteiger partial charge in [-0.05, 0) is 128 Å². The van der Waals surface area contributed by atoms with Crippen molar-refractivity contribution in [1.29, 1.82) is 0 Å². The van der Waals surface area contributed by atoms with Gasteiger partial charge >= 0.3 is 33.6 Å². The maximum atomic E-state index is 13.0. The van der Waals surface area contributed by atoms with Crippen LogP contribution < -0.4 is 0 Å². The Hall–Kier alpha value is -4.31. The van der Waals surface area contributed by atoms with Crippen LogP contribution in [0.1, 0.15) is 329 Å². The number of hydrogen-bond acceptors (Lipinski definition) is 14. The lowest BCUT2D eigenvalue weighted by Crippen LogP contribution is -2.30. The van der Waals surface area contributed by atoms with Crippen molar-refractivity contribution in [2.75, 3.05) is 39.6 Å². The van der Waals surface area contributed by atoms with Gasteiger partial charge in [0, 0.05) is 19.3 Å². The van der Waals surface area contributed by atoms with Crippen LogP contribution in [0.4, 0.5) is 0 Å². The van der Waals surface area contributed by atoms with Gasteiger partial charge in [0.05, 0.1) is 26.4 Å². The van der Waals surface area contributed by atoms with Crippen LogP contribution in [0, 0.1) is 0 Å². The number of allylic oxidation sites excluding steroid dienone is 22. The van der Waals surface area contributed by atoms with Crippen molar-refractivity contribution in [3.05, 3.63) is 134 Å². The van der Waals surface area contributed by atoms with E-state index in [9.17, 15) is 43.5 Å². The number of ether oxygens (including phenoxy) is 3. The molecule has 5 unspecified atom stereocenters. The summed E-state index contributed by atoms with van der Waals surface area (Å²) in [4.78, 5) is 58.7. The highest BCUT2D eigenvalue weighted by atomic mass is 31.2. The van der Waals surface area contributed by atoms with Crippen LogP contribution in [0.5, 0.6) is 0 Å². The van der Waals surface area contributed by atoms with Gasteiger partial charge < -0.3 is 34.2 Å². The van der Waals surface area contributed by atoms with Gasteiger partial charge in [0.2, 0.25) is 0 Å². The number of phosphoric ester groups is 2. The van der Waals surface area contributed by atoms with Crippen molar-refractivity contribution in [2.45, 2.75) is 347 Å². The molecular formula is C85H146O16P2. The predicted octanol–water partition coefficient (Wildman–Crippen LogP) is 23.9. The molecule has 0 saturated carbocycles. The second-order valence-electron chi connectivity index (χ2n) is 26.8. The topological polar surface area (TPSA) is 231 Å². The fourth-order valence-electron chi connectivity index (χ4n) is 10.8. The second-order valence-corrected chi connectivity index (χ2v) is 29.7. The Morgan fingerprint density at radius 3 is 0.767 bits per heavy atom. The average Bonchev–Trinajstić information content (AvgIpc) is 0.915. The number of esters is 3. The molecule has 592 valence electrons. The Kier molecular flexibility index (Phi) is 74.1. The van der Waals surface area contributed by atoms with E-state index in [1.165, 1.54) is 89.9 Å². The first-order valence-electron chi connectivity index (χ1n) is 40.5. The molecule has 0 saturated heterocycles. The minimum Gasteiger partial charge on any atom is -0.463 e. The van der Waals surface area contributed by atoms with Gasteiger partial charge in [-0.15, -0.1) is 0 Å². The van der Waals surface area contributed by atoms with Crippen molar-refractivity contribution in [1.82, 2.24) is 0 Å². The van der Waals surface area contributed by atoms with Gasteiger partial charge in [-0.1, -0.05) is 315 Å². The van der Waals surface area contributed by atoms with Crippen LogP contribution in [-0.4, -0.2) is 95.9 Å². The van der Waals surface area contributed by atoms with Crippen molar-refractivity contribution < 1.29 is 75.8 Å². The summed E-state index contributed by atoms with van der Waals surface area (Å²) >= 11 is 0. The minimum absolute atomic E-state index is 0.0892. The van der Waals surface area contributed by atoms with Crippen molar-refractivity contribution >= 4 is 33.6 Å². The second kappa shape index (κ2) is 77.3. The van der Waals surface area contributed by atoms with Crippen molar-refractivity contribution in [2.24, 2.45) is 0 Å². The van der Waals surface area contributed by atoms with E-state index in [1.54, 1.807) is 0 Å². The smallest absolute Gasteiger partial charge is 0.463 e. The van der Waals surface area contributed by atoms with Gasteiger partial charge in [-0.2, -0.15) is 0 Å². The van der Waals surface area contributed by atoms with E-state index in [-0.39, 0.29) is 19.3 Å². The first kappa shape index (κ1) is 98.7. The molecule has 16 nitrogen and oxygen atoms in total. The molecule has 18 heteroatoms. The van der Waals surface area contributed by atoms with Gasteiger partial charge in [-0.3, -0.25) is 32.5 Å². The van der Waals surface area contributed by atoms with Crippen LogP contribution in [0.15, 0.2) is 134 Å². The monoisotopic (exact) mass is 1490 g/mol. The fraction of sp³-hybridized carbons (Fsp3) is 0.706. The summed E-state index contributed by atoms with van der Waals surface area (Å²) in [5, 5.41) is 20.7. The molecule has 0 spiro atoms. The standard InChI is InChI=1S/C85H146O16P2/c1-4-7-10-13-16-19-22-25-28-31-32-33-34-35-36-37-38-39-40-41-42-43-44-45-46-49-51-53-56-59-62-65-68-71-83(88)95-74-80(86)75-97-102(91,92)98-76-81(87)77-99-103(93,94)100-79-82(101-85(90)73-70-67-64-61-58-55-52-48-30-27-24-21-18-15-12-9-6-3)78-96-84(89)72-69-66-63-60-57-54-50-47-29-26-23-20-17-14-11-8-5-2/h7-12,16-21,25-30,32-33,35-36,80-82,86-87H,4-6,13-15,22-24,31,34,37-79H2,1-3H3,(H,91,92)(H,93,94)/b10-7-,11-8-,12-9-,19-16-,20-17-,21-18-,28-25-,29-26-,30-27-,33-32-,36-35-. The number of carbonyl (C=O) groups excluding carboxylic acids is 3. The lowest BCUT2D eigenvalue weighted by atomic mass is 10.0. The SMILES string of the molecule is CC/C=C\C/C=C\C/C=C\C/C=C\C/C=C\CCCCCCCCCCCCCCCCCCCC(=O)OCC(O)COP(=O)(O)OCC(O)COP(=O)(O)OCC(COC(=O)CCCCCCCCC/C=C\C/C=C\C/C=C\CC)OC(=O)CCCCCCCCC/C=C\C/C=C\C/C=C\CC. The third-order valence-electron chi connectivity index (χ3n) is 16.9. The van der Waals surface area contributed by atoms with E-state index in [0.29, 0.717) is 19.3 Å². The quantitative estimate of drug-likeness (QED) is 0.0146. The summed E-state index contributed by atoms with van der Waals surface area (Å²) in [5.41, 5.74) is 0. The fourth-order valence-corrected chi connectivity index (χ4v) is 12.4. The molecule has 0 aromatic carbocycles. The van der Waals surface area contributed by atoms with Crippen LogP contribution in [0.3, 0.4) is 0 Å². The number of aliphatic hydroxyl groups is 2. The summed E-state index contributed by atoms with van der Waals surface area (Å²) in [5.74, 6) is -1.59. The molecule has 0 aliphatic heterocycles. The highest BCUT2D eigenvalue weighted by Crippen LogP contribution is 2.45. The molecule has 4 N–H and O–H groups in total. The molecule has 0 heterocycles. The Bertz CT molecular complexity index is 2410. The Balaban J connectivity index is 4.44. The molecule has 103 heavy (non-hydrogen) atoms. The van der Waals surface area contributed by atoms with Gasteiger partial charge in [0.15, 0.2) is 6.10 Å².